The van der Waals surface area contributed by atoms with Crippen molar-refractivity contribution in [1.29, 1.82) is 0 Å². The minimum atomic E-state index is -1.28. The molecular weight excluding hydrogens is 424 g/mol. The van der Waals surface area contributed by atoms with Gasteiger partial charge < -0.3 is 20.1 Å². The number of aliphatic carboxylic acids is 2. The molecule has 1 fully saturated rings. The number of amides is 1. The van der Waals surface area contributed by atoms with Crippen LogP contribution in [0.2, 0.25) is 0 Å². The maximum atomic E-state index is 12.7. The van der Waals surface area contributed by atoms with Crippen molar-refractivity contribution in [2.75, 3.05) is 0 Å². The van der Waals surface area contributed by atoms with Gasteiger partial charge >= 0.3 is 11.9 Å². The van der Waals surface area contributed by atoms with Gasteiger partial charge in [-0.25, -0.2) is 9.78 Å². The Hall–Kier alpha value is -3.75. The average molecular weight is 450 g/mol. The summed E-state index contributed by atoms with van der Waals surface area (Å²) < 4.78 is 2.21. The van der Waals surface area contributed by atoms with Gasteiger partial charge in [0.2, 0.25) is 0 Å². The van der Waals surface area contributed by atoms with E-state index in [4.69, 9.17) is 10.1 Å². The van der Waals surface area contributed by atoms with Gasteiger partial charge in [0.25, 0.3) is 5.91 Å². The monoisotopic (exact) mass is 450 g/mol. The van der Waals surface area contributed by atoms with Crippen LogP contribution < -0.4 is 5.32 Å². The molecule has 1 atom stereocenters. The van der Waals surface area contributed by atoms with Crippen molar-refractivity contribution in [3.05, 3.63) is 48.2 Å². The average Bonchev–Trinajstić information content (AvgIpc) is 3.21. The van der Waals surface area contributed by atoms with E-state index in [1.165, 1.54) is 6.42 Å². The van der Waals surface area contributed by atoms with Crippen LogP contribution >= 0.6 is 0 Å². The van der Waals surface area contributed by atoms with E-state index >= 15 is 0 Å². The van der Waals surface area contributed by atoms with Crippen molar-refractivity contribution >= 4 is 28.9 Å². The molecule has 3 aromatic rings. The second kappa shape index (κ2) is 9.81. The Balaban J connectivity index is 1.68. The maximum absolute atomic E-state index is 12.7. The van der Waals surface area contributed by atoms with Crippen LogP contribution in [-0.4, -0.2) is 48.6 Å². The molecule has 1 saturated carbocycles. The summed E-state index contributed by atoms with van der Waals surface area (Å²) in [5.41, 5.74) is 2.56. The quantitative estimate of drug-likeness (QED) is 0.477. The van der Waals surface area contributed by atoms with Gasteiger partial charge in [-0.3, -0.25) is 14.6 Å². The lowest BCUT2D eigenvalue weighted by Crippen LogP contribution is -2.41. The molecule has 0 aliphatic heterocycles. The first kappa shape index (κ1) is 22.4. The lowest BCUT2D eigenvalue weighted by molar-refractivity contribution is -0.140. The lowest BCUT2D eigenvalue weighted by atomic mass is 9.95. The SMILES string of the molecule is O=C(O)CC[C@@H](NC(=O)c1ccc2c(c1)nc(-c1ccccn1)n2C1CCCCC1)C(=O)O. The molecular formula is C24H26N4O5. The van der Waals surface area contributed by atoms with E-state index in [2.05, 4.69) is 14.9 Å². The predicted octanol–water partition coefficient (Wildman–Crippen LogP) is 3.65. The number of carboxylic acid groups (broad SMARTS) is 2. The van der Waals surface area contributed by atoms with Gasteiger partial charge in [0.15, 0.2) is 5.82 Å². The van der Waals surface area contributed by atoms with Crippen molar-refractivity contribution in [1.82, 2.24) is 19.9 Å². The molecule has 1 amide bonds. The molecule has 2 aromatic heterocycles. The Bertz CT molecular complexity index is 1170. The zero-order chi connectivity index (χ0) is 23.4. The summed E-state index contributed by atoms with van der Waals surface area (Å²) in [4.78, 5) is 44.2. The first-order valence-electron chi connectivity index (χ1n) is 11.1. The van der Waals surface area contributed by atoms with Gasteiger partial charge in [-0.1, -0.05) is 25.3 Å². The third-order valence-corrected chi connectivity index (χ3v) is 6.04. The van der Waals surface area contributed by atoms with Crippen LogP contribution in [0.5, 0.6) is 0 Å². The molecule has 1 aliphatic carbocycles. The molecule has 9 nitrogen and oxygen atoms in total. The van der Waals surface area contributed by atoms with Crippen molar-refractivity contribution in [3.8, 4) is 11.5 Å². The fraction of sp³-hybridized carbons (Fsp3) is 0.375. The number of carboxylic acids is 2. The number of hydrogen-bond donors (Lipinski definition) is 3. The molecule has 3 N–H and O–H groups in total. The lowest BCUT2D eigenvalue weighted by Gasteiger charge is -2.25. The van der Waals surface area contributed by atoms with Gasteiger partial charge in [-0.05, 0) is 49.6 Å². The molecule has 0 radical (unpaired) electrons. The van der Waals surface area contributed by atoms with E-state index in [0.29, 0.717) is 11.6 Å². The molecule has 1 aliphatic rings. The Labute approximate surface area is 190 Å². The smallest absolute Gasteiger partial charge is 0.326 e. The minimum Gasteiger partial charge on any atom is -0.481 e. The standard InChI is InChI=1S/C24H26N4O5/c29-21(30)12-10-18(24(32)33)27-23(31)15-9-11-20-19(14-15)26-22(17-8-4-5-13-25-17)28(20)16-6-2-1-3-7-16/h4-5,8-9,11,13-14,16,18H,1-3,6-7,10,12H2,(H,27,31)(H,29,30)(H,32,33)/t18-/m1/s1. The van der Waals surface area contributed by atoms with Crippen molar-refractivity contribution < 1.29 is 24.6 Å². The summed E-state index contributed by atoms with van der Waals surface area (Å²) in [5.74, 6) is -2.22. The van der Waals surface area contributed by atoms with E-state index < -0.39 is 23.9 Å². The molecule has 0 bridgehead atoms. The number of carbonyl (C=O) groups is 3. The summed E-state index contributed by atoms with van der Waals surface area (Å²) in [6.07, 6.45) is 6.81. The van der Waals surface area contributed by atoms with E-state index in [1.54, 1.807) is 18.3 Å². The highest BCUT2D eigenvalue weighted by Crippen LogP contribution is 2.35. The Kier molecular flexibility index (Phi) is 6.67. The normalized spacial score (nSPS) is 15.3. The number of fused-ring (bicyclic) bond motifs is 1. The highest BCUT2D eigenvalue weighted by molar-refractivity contribution is 5.99. The maximum Gasteiger partial charge on any atom is 0.326 e. The number of carbonyl (C=O) groups excluding carboxylic acids is 1. The largest absolute Gasteiger partial charge is 0.481 e. The zero-order valence-corrected chi connectivity index (χ0v) is 18.1. The number of aromatic nitrogens is 3. The summed E-state index contributed by atoms with van der Waals surface area (Å²) in [6.45, 7) is 0. The number of nitrogens with zero attached hydrogens (tertiary/aromatic N) is 3. The number of nitrogens with one attached hydrogen (secondary N) is 1. The minimum absolute atomic E-state index is 0.196. The fourth-order valence-electron chi connectivity index (χ4n) is 4.39. The predicted molar refractivity (Wildman–Crippen MR) is 121 cm³/mol. The van der Waals surface area contributed by atoms with Crippen LogP contribution in [0, 0.1) is 0 Å². The van der Waals surface area contributed by atoms with Gasteiger partial charge in [0.1, 0.15) is 11.7 Å². The van der Waals surface area contributed by atoms with E-state index in [9.17, 15) is 19.5 Å². The van der Waals surface area contributed by atoms with Gasteiger partial charge in [0, 0.05) is 24.2 Å². The van der Waals surface area contributed by atoms with Crippen molar-refractivity contribution in [3.63, 3.8) is 0 Å². The highest BCUT2D eigenvalue weighted by atomic mass is 16.4. The Morgan fingerprint density at radius 1 is 1.09 bits per heavy atom. The van der Waals surface area contributed by atoms with E-state index in [0.717, 1.165) is 42.7 Å². The van der Waals surface area contributed by atoms with Crippen molar-refractivity contribution in [2.45, 2.75) is 57.0 Å². The van der Waals surface area contributed by atoms with Crippen LogP contribution in [0.4, 0.5) is 0 Å². The molecule has 4 rings (SSSR count). The van der Waals surface area contributed by atoms with E-state index in [-0.39, 0.29) is 18.4 Å². The zero-order valence-electron chi connectivity index (χ0n) is 18.1. The third kappa shape index (κ3) is 5.02. The number of pyridine rings is 1. The number of imidazole rings is 1. The second-order valence-electron chi connectivity index (χ2n) is 8.31. The topological polar surface area (TPSA) is 134 Å². The second-order valence-corrected chi connectivity index (χ2v) is 8.31. The van der Waals surface area contributed by atoms with Crippen LogP contribution in [0.15, 0.2) is 42.6 Å². The van der Waals surface area contributed by atoms with Crippen LogP contribution in [0.3, 0.4) is 0 Å². The summed E-state index contributed by atoms with van der Waals surface area (Å²) in [7, 11) is 0. The van der Waals surface area contributed by atoms with Crippen molar-refractivity contribution in [2.24, 2.45) is 0 Å². The van der Waals surface area contributed by atoms with E-state index in [1.807, 2.05) is 24.3 Å². The van der Waals surface area contributed by atoms with Crippen LogP contribution in [0.1, 0.15) is 61.3 Å². The van der Waals surface area contributed by atoms with Gasteiger partial charge in [-0.15, -0.1) is 0 Å². The molecule has 0 unspecified atom stereocenters. The fourth-order valence-corrected chi connectivity index (χ4v) is 4.39. The molecule has 9 heteroatoms. The summed E-state index contributed by atoms with van der Waals surface area (Å²) in [5, 5.41) is 20.6. The molecule has 2 heterocycles. The first-order valence-corrected chi connectivity index (χ1v) is 11.1. The number of benzene rings is 1. The molecule has 33 heavy (non-hydrogen) atoms. The molecule has 1 aromatic carbocycles. The third-order valence-electron chi connectivity index (χ3n) is 6.04. The molecule has 172 valence electrons. The number of hydrogen-bond acceptors (Lipinski definition) is 5. The molecule has 0 saturated heterocycles. The number of rotatable bonds is 8. The first-order chi connectivity index (χ1) is 15.9. The summed E-state index contributed by atoms with van der Waals surface area (Å²) >= 11 is 0. The molecule has 0 spiro atoms. The van der Waals surface area contributed by atoms with Crippen LogP contribution in [0.25, 0.3) is 22.6 Å². The summed E-state index contributed by atoms with van der Waals surface area (Å²) in [6, 6.07) is 9.82. The van der Waals surface area contributed by atoms with Crippen LogP contribution in [-0.2, 0) is 9.59 Å². The Morgan fingerprint density at radius 2 is 1.88 bits per heavy atom. The highest BCUT2D eigenvalue weighted by Gasteiger charge is 2.25. The van der Waals surface area contributed by atoms with Gasteiger partial charge in [0.05, 0.1) is 11.0 Å². The Morgan fingerprint density at radius 3 is 2.55 bits per heavy atom. The van der Waals surface area contributed by atoms with Gasteiger partial charge in [-0.2, -0.15) is 0 Å².